The van der Waals surface area contributed by atoms with Crippen molar-refractivity contribution >= 4 is 0 Å². The van der Waals surface area contributed by atoms with Crippen molar-refractivity contribution in [2.45, 2.75) is 70.8 Å². The first-order valence-corrected chi connectivity index (χ1v) is 6.05. The summed E-state index contributed by atoms with van der Waals surface area (Å²) in [4.78, 5) is 0. The summed E-state index contributed by atoms with van der Waals surface area (Å²) in [5.41, 5.74) is 0. The summed E-state index contributed by atoms with van der Waals surface area (Å²) >= 11 is 0. The first-order valence-electron chi connectivity index (χ1n) is 6.05. The van der Waals surface area contributed by atoms with Gasteiger partial charge in [0.05, 0.1) is 6.10 Å². The normalized spacial score (nSPS) is 22.4. The minimum Gasteiger partial charge on any atom is -0.378 e. The fourth-order valence-corrected chi connectivity index (χ4v) is 2.02. The van der Waals surface area contributed by atoms with E-state index in [9.17, 15) is 0 Å². The van der Waals surface area contributed by atoms with Crippen LogP contribution in [-0.2, 0) is 4.74 Å². The molecule has 0 amide bonds. The lowest BCUT2D eigenvalue weighted by Crippen LogP contribution is -2.03. The Morgan fingerprint density at radius 2 is 1.85 bits per heavy atom. The molecule has 0 spiro atoms. The fraction of sp³-hybridized carbons (Fsp3) is 1.00. The maximum Gasteiger partial charge on any atom is 0.0576 e. The number of rotatable bonds is 7. The number of hydrogen-bond acceptors (Lipinski definition) is 1. The van der Waals surface area contributed by atoms with Crippen molar-refractivity contribution in [1.29, 1.82) is 0 Å². The van der Waals surface area contributed by atoms with Crippen LogP contribution in [0.15, 0.2) is 0 Å². The minimum absolute atomic E-state index is 0.617. The monoisotopic (exact) mass is 184 g/mol. The van der Waals surface area contributed by atoms with Crippen LogP contribution in [0.3, 0.4) is 0 Å². The van der Waals surface area contributed by atoms with Crippen LogP contribution in [0.1, 0.15) is 64.7 Å². The molecular formula is C12H24O. The summed E-state index contributed by atoms with van der Waals surface area (Å²) in [5, 5.41) is 0. The van der Waals surface area contributed by atoms with Gasteiger partial charge in [-0.25, -0.2) is 0 Å². The summed E-state index contributed by atoms with van der Waals surface area (Å²) in [6.07, 6.45) is 13.0. The number of ether oxygens (including phenoxy) is 1. The molecule has 1 rings (SSSR count). The Kier molecular flexibility index (Phi) is 6.26. The van der Waals surface area contributed by atoms with Crippen LogP contribution >= 0.6 is 0 Å². The molecule has 1 saturated heterocycles. The zero-order chi connectivity index (χ0) is 9.36. The standard InChI is InChI=1S/C12H24O/c1-2-3-4-5-6-7-9-12-10-8-11-13-12/h12H,2-11H2,1H3/t12-/m1/s1. The first-order chi connectivity index (χ1) is 6.43. The predicted octanol–water partition coefficient (Wildman–Crippen LogP) is 3.92. The van der Waals surface area contributed by atoms with Crippen molar-refractivity contribution in [3.63, 3.8) is 0 Å². The van der Waals surface area contributed by atoms with Crippen molar-refractivity contribution in [3.05, 3.63) is 0 Å². The molecule has 1 fully saturated rings. The zero-order valence-electron chi connectivity index (χ0n) is 9.06. The van der Waals surface area contributed by atoms with Gasteiger partial charge in [-0.05, 0) is 19.3 Å². The highest BCUT2D eigenvalue weighted by atomic mass is 16.5. The van der Waals surface area contributed by atoms with Crippen LogP contribution in [-0.4, -0.2) is 12.7 Å². The van der Waals surface area contributed by atoms with Gasteiger partial charge in [-0.3, -0.25) is 0 Å². The Morgan fingerprint density at radius 3 is 2.54 bits per heavy atom. The Hall–Kier alpha value is -0.0400. The van der Waals surface area contributed by atoms with Gasteiger partial charge >= 0.3 is 0 Å². The molecule has 0 radical (unpaired) electrons. The molecule has 0 aromatic heterocycles. The lowest BCUT2D eigenvalue weighted by atomic mass is 10.1. The van der Waals surface area contributed by atoms with Crippen molar-refractivity contribution in [2.75, 3.05) is 6.61 Å². The summed E-state index contributed by atoms with van der Waals surface area (Å²) < 4.78 is 5.58. The van der Waals surface area contributed by atoms with Gasteiger partial charge in [0.25, 0.3) is 0 Å². The maximum absolute atomic E-state index is 5.58. The second kappa shape index (κ2) is 7.37. The Morgan fingerprint density at radius 1 is 1.08 bits per heavy atom. The van der Waals surface area contributed by atoms with E-state index in [2.05, 4.69) is 6.92 Å². The molecule has 1 aliphatic heterocycles. The van der Waals surface area contributed by atoms with Gasteiger partial charge in [0.1, 0.15) is 0 Å². The summed E-state index contributed by atoms with van der Waals surface area (Å²) in [6.45, 7) is 3.28. The lowest BCUT2D eigenvalue weighted by Gasteiger charge is -2.08. The SMILES string of the molecule is CCCCCCCC[C@@H]1CCCO1. The van der Waals surface area contributed by atoms with Gasteiger partial charge in [-0.15, -0.1) is 0 Å². The average molecular weight is 184 g/mol. The van der Waals surface area contributed by atoms with Gasteiger partial charge in [-0.1, -0.05) is 45.4 Å². The third kappa shape index (κ3) is 5.30. The molecule has 1 aliphatic rings. The molecule has 0 aromatic rings. The van der Waals surface area contributed by atoms with Gasteiger partial charge in [-0.2, -0.15) is 0 Å². The molecule has 0 aliphatic carbocycles. The average Bonchev–Trinajstić information content (AvgIpc) is 2.63. The van der Waals surface area contributed by atoms with Gasteiger partial charge in [0.2, 0.25) is 0 Å². The molecule has 0 bridgehead atoms. The van der Waals surface area contributed by atoms with E-state index in [1.165, 1.54) is 57.8 Å². The highest BCUT2D eigenvalue weighted by Gasteiger charge is 2.13. The highest BCUT2D eigenvalue weighted by molar-refractivity contribution is 4.64. The molecule has 0 aromatic carbocycles. The highest BCUT2D eigenvalue weighted by Crippen LogP contribution is 2.18. The summed E-state index contributed by atoms with van der Waals surface area (Å²) in [6, 6.07) is 0. The van der Waals surface area contributed by atoms with Crippen LogP contribution in [0.2, 0.25) is 0 Å². The van der Waals surface area contributed by atoms with E-state index >= 15 is 0 Å². The number of hydrogen-bond donors (Lipinski definition) is 0. The molecule has 1 heterocycles. The van der Waals surface area contributed by atoms with E-state index in [0.717, 1.165) is 6.61 Å². The van der Waals surface area contributed by atoms with Crippen molar-refractivity contribution in [2.24, 2.45) is 0 Å². The fourth-order valence-electron chi connectivity index (χ4n) is 2.02. The topological polar surface area (TPSA) is 9.23 Å². The Bertz CT molecular complexity index is 106. The van der Waals surface area contributed by atoms with Crippen molar-refractivity contribution < 1.29 is 4.74 Å². The van der Waals surface area contributed by atoms with E-state index in [1.54, 1.807) is 0 Å². The molecule has 1 nitrogen and oxygen atoms in total. The van der Waals surface area contributed by atoms with E-state index in [4.69, 9.17) is 4.74 Å². The predicted molar refractivity (Wildman–Crippen MR) is 57.0 cm³/mol. The Labute approximate surface area is 82.9 Å². The van der Waals surface area contributed by atoms with Gasteiger partial charge in [0, 0.05) is 6.61 Å². The molecule has 13 heavy (non-hydrogen) atoms. The largest absolute Gasteiger partial charge is 0.378 e. The first kappa shape index (κ1) is 11.0. The molecule has 0 N–H and O–H groups in total. The van der Waals surface area contributed by atoms with Crippen molar-refractivity contribution in [3.8, 4) is 0 Å². The van der Waals surface area contributed by atoms with Crippen LogP contribution in [0.5, 0.6) is 0 Å². The van der Waals surface area contributed by atoms with Gasteiger partial charge < -0.3 is 4.74 Å². The van der Waals surface area contributed by atoms with Crippen LogP contribution in [0.25, 0.3) is 0 Å². The molecule has 78 valence electrons. The molecular weight excluding hydrogens is 160 g/mol. The van der Waals surface area contributed by atoms with Gasteiger partial charge in [0.15, 0.2) is 0 Å². The second-order valence-corrected chi connectivity index (χ2v) is 4.19. The van der Waals surface area contributed by atoms with E-state index in [0.29, 0.717) is 6.10 Å². The smallest absolute Gasteiger partial charge is 0.0576 e. The second-order valence-electron chi connectivity index (χ2n) is 4.19. The summed E-state index contributed by atoms with van der Waals surface area (Å²) in [5.74, 6) is 0. The van der Waals surface area contributed by atoms with E-state index < -0.39 is 0 Å². The Balaban J connectivity index is 1.78. The van der Waals surface area contributed by atoms with Crippen LogP contribution in [0.4, 0.5) is 0 Å². The van der Waals surface area contributed by atoms with Crippen molar-refractivity contribution in [1.82, 2.24) is 0 Å². The number of unbranched alkanes of at least 4 members (excludes halogenated alkanes) is 5. The van der Waals surface area contributed by atoms with Crippen LogP contribution in [0, 0.1) is 0 Å². The molecule has 1 atom stereocenters. The minimum atomic E-state index is 0.617. The quantitative estimate of drug-likeness (QED) is 0.545. The molecule has 0 saturated carbocycles. The third-order valence-electron chi connectivity index (χ3n) is 2.90. The third-order valence-corrected chi connectivity index (χ3v) is 2.90. The van der Waals surface area contributed by atoms with E-state index in [1.807, 2.05) is 0 Å². The zero-order valence-corrected chi connectivity index (χ0v) is 9.06. The summed E-state index contributed by atoms with van der Waals surface area (Å²) in [7, 11) is 0. The lowest BCUT2D eigenvalue weighted by molar-refractivity contribution is 0.102. The molecule has 1 heteroatoms. The maximum atomic E-state index is 5.58. The molecule has 0 unspecified atom stereocenters. The van der Waals surface area contributed by atoms with E-state index in [-0.39, 0.29) is 0 Å². The van der Waals surface area contributed by atoms with Crippen LogP contribution < -0.4 is 0 Å².